The molecule has 1 atom stereocenters. The number of thiophene rings is 1. The molecule has 0 radical (unpaired) electrons. The third-order valence-electron chi connectivity index (χ3n) is 3.12. The van der Waals surface area contributed by atoms with Crippen LogP contribution < -0.4 is 16.0 Å². The van der Waals surface area contributed by atoms with Crippen molar-refractivity contribution in [3.05, 3.63) is 22.4 Å². The van der Waals surface area contributed by atoms with E-state index in [1.54, 1.807) is 11.3 Å². The molecule has 1 amide bonds. The van der Waals surface area contributed by atoms with E-state index in [1.165, 1.54) is 4.88 Å². The van der Waals surface area contributed by atoms with Gasteiger partial charge in [-0.15, -0.1) is 11.3 Å². The lowest BCUT2D eigenvalue weighted by atomic mass is 10.1. The zero-order chi connectivity index (χ0) is 18.7. The lowest BCUT2D eigenvalue weighted by molar-refractivity contribution is 0.0529. The second-order valence-electron chi connectivity index (χ2n) is 6.96. The Balaban J connectivity index is 2.31. The number of amides is 1. The van der Waals surface area contributed by atoms with Crippen molar-refractivity contribution >= 4 is 23.4 Å². The molecule has 3 N–H and O–H groups in total. The first kappa shape index (κ1) is 21.3. The second kappa shape index (κ2) is 11.0. The van der Waals surface area contributed by atoms with Gasteiger partial charge in [-0.1, -0.05) is 13.0 Å². The second-order valence-corrected chi connectivity index (χ2v) is 8.00. The number of nitrogens with one attached hydrogen (secondary N) is 3. The molecule has 0 bridgehead atoms. The monoisotopic (exact) mass is 368 g/mol. The van der Waals surface area contributed by atoms with Crippen LogP contribution in [0.15, 0.2) is 22.5 Å². The third kappa shape index (κ3) is 10.7. The van der Waals surface area contributed by atoms with Crippen molar-refractivity contribution in [3.63, 3.8) is 0 Å². The number of hydrogen-bond acceptors (Lipinski definition) is 4. The fourth-order valence-electron chi connectivity index (χ4n) is 2.09. The van der Waals surface area contributed by atoms with Crippen molar-refractivity contribution in [2.75, 3.05) is 26.2 Å². The first-order chi connectivity index (χ1) is 11.8. The summed E-state index contributed by atoms with van der Waals surface area (Å²) >= 11 is 1.79. The zero-order valence-electron chi connectivity index (χ0n) is 16.0. The molecule has 1 aromatic heterocycles. The number of carbonyl (C=O) groups excluding carboxylic acids is 1. The molecular weight excluding hydrogens is 336 g/mol. The number of rotatable bonds is 8. The van der Waals surface area contributed by atoms with Gasteiger partial charge in [0.15, 0.2) is 5.96 Å². The maximum Gasteiger partial charge on any atom is 0.407 e. The van der Waals surface area contributed by atoms with Crippen LogP contribution in [0.3, 0.4) is 0 Å². The molecule has 0 fully saturated rings. The molecule has 7 heteroatoms. The van der Waals surface area contributed by atoms with Crippen LogP contribution in [0, 0.1) is 5.92 Å². The van der Waals surface area contributed by atoms with E-state index < -0.39 is 11.7 Å². The quantitative estimate of drug-likeness (QED) is 0.375. The third-order valence-corrected chi connectivity index (χ3v) is 4.02. The van der Waals surface area contributed by atoms with Crippen molar-refractivity contribution in [1.29, 1.82) is 0 Å². The lowest BCUT2D eigenvalue weighted by Crippen LogP contribution is -2.42. The van der Waals surface area contributed by atoms with Gasteiger partial charge in [-0.2, -0.15) is 0 Å². The van der Waals surface area contributed by atoms with Gasteiger partial charge in [0.1, 0.15) is 5.60 Å². The van der Waals surface area contributed by atoms with E-state index in [-0.39, 0.29) is 0 Å². The number of nitrogens with zero attached hydrogens (tertiary/aromatic N) is 1. The molecular formula is C18H32N4O2S. The van der Waals surface area contributed by atoms with Gasteiger partial charge >= 0.3 is 6.09 Å². The summed E-state index contributed by atoms with van der Waals surface area (Å²) in [6, 6.07) is 4.25. The summed E-state index contributed by atoms with van der Waals surface area (Å²) in [7, 11) is 0. The van der Waals surface area contributed by atoms with Gasteiger partial charge in [0.2, 0.25) is 0 Å². The Labute approximate surface area is 155 Å². The first-order valence-corrected chi connectivity index (χ1v) is 9.69. The number of ether oxygens (including phenoxy) is 1. The number of hydrogen-bond donors (Lipinski definition) is 3. The SMILES string of the molecule is CCNC(=NCC(C)Cc1cccs1)NCCNC(=O)OC(C)(C)C. The average Bonchev–Trinajstić information content (AvgIpc) is 3.00. The van der Waals surface area contributed by atoms with E-state index in [0.29, 0.717) is 19.0 Å². The van der Waals surface area contributed by atoms with Crippen LogP contribution in [-0.2, 0) is 11.2 Å². The fourth-order valence-corrected chi connectivity index (χ4v) is 2.96. The molecule has 0 aliphatic rings. The summed E-state index contributed by atoms with van der Waals surface area (Å²) in [5.74, 6) is 1.25. The first-order valence-electron chi connectivity index (χ1n) is 8.81. The fraction of sp³-hybridized carbons (Fsp3) is 0.667. The van der Waals surface area contributed by atoms with Crippen molar-refractivity contribution in [1.82, 2.24) is 16.0 Å². The molecule has 0 spiro atoms. The standard InChI is InChI=1S/C18H32N4O2S/c1-6-19-16(20-9-10-21-17(23)24-18(3,4)5)22-13-14(2)12-15-8-7-11-25-15/h7-8,11,14H,6,9-10,12-13H2,1-5H3,(H,21,23)(H2,19,20,22). The average molecular weight is 369 g/mol. The summed E-state index contributed by atoms with van der Waals surface area (Å²) in [5.41, 5.74) is -0.480. The summed E-state index contributed by atoms with van der Waals surface area (Å²) in [6.07, 6.45) is 0.640. The molecule has 0 aliphatic heterocycles. The highest BCUT2D eigenvalue weighted by molar-refractivity contribution is 7.09. The molecule has 1 unspecified atom stereocenters. The highest BCUT2D eigenvalue weighted by Crippen LogP contribution is 2.14. The molecule has 6 nitrogen and oxygen atoms in total. The van der Waals surface area contributed by atoms with E-state index in [1.807, 2.05) is 27.7 Å². The number of alkyl carbamates (subject to hydrolysis) is 1. The van der Waals surface area contributed by atoms with Crippen molar-refractivity contribution in [2.24, 2.45) is 10.9 Å². The minimum Gasteiger partial charge on any atom is -0.444 e. The zero-order valence-corrected chi connectivity index (χ0v) is 16.8. The van der Waals surface area contributed by atoms with Crippen molar-refractivity contribution in [3.8, 4) is 0 Å². The Morgan fingerprint density at radius 3 is 2.60 bits per heavy atom. The van der Waals surface area contributed by atoms with Gasteiger partial charge in [-0.05, 0) is 51.5 Å². The molecule has 25 heavy (non-hydrogen) atoms. The van der Waals surface area contributed by atoms with Crippen LogP contribution >= 0.6 is 11.3 Å². The highest BCUT2D eigenvalue weighted by atomic mass is 32.1. The topological polar surface area (TPSA) is 74.8 Å². The van der Waals surface area contributed by atoms with Crippen LogP contribution in [-0.4, -0.2) is 43.8 Å². The molecule has 142 valence electrons. The highest BCUT2D eigenvalue weighted by Gasteiger charge is 2.15. The van der Waals surface area contributed by atoms with E-state index in [0.717, 1.165) is 25.5 Å². The number of guanidine groups is 1. The predicted molar refractivity (Wildman–Crippen MR) is 105 cm³/mol. The van der Waals surface area contributed by atoms with Gasteiger partial charge < -0.3 is 20.7 Å². The maximum absolute atomic E-state index is 11.6. The molecule has 1 aromatic rings. The van der Waals surface area contributed by atoms with Crippen LogP contribution in [0.5, 0.6) is 0 Å². The summed E-state index contributed by atoms with van der Waals surface area (Å²) in [6.45, 7) is 12.4. The maximum atomic E-state index is 11.6. The minimum atomic E-state index is -0.480. The predicted octanol–water partition coefficient (Wildman–Crippen LogP) is 3.01. The Morgan fingerprint density at radius 2 is 2.00 bits per heavy atom. The normalized spacial score (nSPS) is 13.2. The molecule has 0 saturated carbocycles. The molecule has 1 heterocycles. The van der Waals surface area contributed by atoms with Gasteiger partial charge in [-0.25, -0.2) is 4.79 Å². The minimum absolute atomic E-state index is 0.402. The molecule has 0 saturated heterocycles. The molecule has 0 aliphatic carbocycles. The van der Waals surface area contributed by atoms with Crippen molar-refractivity contribution in [2.45, 2.75) is 46.6 Å². The van der Waals surface area contributed by atoms with E-state index in [4.69, 9.17) is 4.74 Å². The van der Waals surface area contributed by atoms with Crippen LogP contribution in [0.1, 0.15) is 39.5 Å². The lowest BCUT2D eigenvalue weighted by Gasteiger charge is -2.20. The Kier molecular flexibility index (Phi) is 9.34. The van der Waals surface area contributed by atoms with Gasteiger partial charge in [0, 0.05) is 31.1 Å². The molecule has 1 rings (SSSR count). The smallest absolute Gasteiger partial charge is 0.407 e. The van der Waals surface area contributed by atoms with Crippen LogP contribution in [0.25, 0.3) is 0 Å². The van der Waals surface area contributed by atoms with E-state index >= 15 is 0 Å². The van der Waals surface area contributed by atoms with Gasteiger partial charge in [0.05, 0.1) is 0 Å². The summed E-state index contributed by atoms with van der Waals surface area (Å²) in [5, 5.41) is 11.3. The number of carbonyl (C=O) groups is 1. The summed E-state index contributed by atoms with van der Waals surface area (Å²) < 4.78 is 5.20. The Hall–Kier alpha value is -1.76. The van der Waals surface area contributed by atoms with E-state index in [2.05, 4.69) is 45.4 Å². The summed E-state index contributed by atoms with van der Waals surface area (Å²) in [4.78, 5) is 17.6. The Morgan fingerprint density at radius 1 is 1.28 bits per heavy atom. The largest absolute Gasteiger partial charge is 0.444 e. The Bertz CT molecular complexity index is 524. The van der Waals surface area contributed by atoms with Gasteiger partial charge in [0.25, 0.3) is 0 Å². The van der Waals surface area contributed by atoms with Crippen LogP contribution in [0.4, 0.5) is 4.79 Å². The van der Waals surface area contributed by atoms with Crippen molar-refractivity contribution < 1.29 is 9.53 Å². The van der Waals surface area contributed by atoms with Crippen LogP contribution in [0.2, 0.25) is 0 Å². The van der Waals surface area contributed by atoms with E-state index in [9.17, 15) is 4.79 Å². The molecule has 0 aromatic carbocycles. The van der Waals surface area contributed by atoms with Gasteiger partial charge in [-0.3, -0.25) is 4.99 Å². The number of aliphatic imine (C=N–C) groups is 1.